The molecule has 4 aromatic rings. The smallest absolute Gasteiger partial charge is 0.332 e. The van der Waals surface area contributed by atoms with Gasteiger partial charge in [0.15, 0.2) is 17.2 Å². The summed E-state index contributed by atoms with van der Waals surface area (Å²) in [6.45, 7) is 0.282. The number of alkyl halides is 3. The number of hydrogen-bond donors (Lipinski definition) is 1. The molecule has 28 heavy (non-hydrogen) atoms. The maximum Gasteiger partial charge on any atom is 0.416 e. The van der Waals surface area contributed by atoms with Crippen LogP contribution >= 0.6 is 0 Å². The molecule has 0 atom stereocenters. The maximum absolute atomic E-state index is 14.0. The Morgan fingerprint density at radius 1 is 1.00 bits per heavy atom. The lowest BCUT2D eigenvalue weighted by atomic mass is 10.1. The van der Waals surface area contributed by atoms with E-state index in [1.165, 1.54) is 30.6 Å². The van der Waals surface area contributed by atoms with E-state index in [9.17, 15) is 22.0 Å². The van der Waals surface area contributed by atoms with Crippen molar-refractivity contribution in [2.45, 2.75) is 12.7 Å². The molecule has 4 nitrogen and oxygen atoms in total. The molecule has 0 unspecified atom stereocenters. The van der Waals surface area contributed by atoms with Gasteiger partial charge in [-0.1, -0.05) is 18.2 Å². The number of H-pyrrole nitrogens is 1. The number of nitrogens with zero attached hydrogens (tertiary/aromatic N) is 3. The van der Waals surface area contributed by atoms with Gasteiger partial charge in [-0.3, -0.25) is 0 Å². The molecule has 9 heteroatoms. The molecule has 2 heterocycles. The van der Waals surface area contributed by atoms with E-state index in [0.29, 0.717) is 16.7 Å². The van der Waals surface area contributed by atoms with Crippen LogP contribution in [0.15, 0.2) is 55.0 Å². The summed E-state index contributed by atoms with van der Waals surface area (Å²) in [4.78, 5) is 11.2. The zero-order valence-corrected chi connectivity index (χ0v) is 14.1. The zero-order valence-electron chi connectivity index (χ0n) is 14.1. The molecule has 0 saturated heterocycles. The number of rotatable bonds is 3. The first-order valence-electron chi connectivity index (χ1n) is 8.16. The summed E-state index contributed by atoms with van der Waals surface area (Å²) in [7, 11) is 0. The minimum Gasteiger partial charge on any atom is -0.332 e. The molecule has 0 spiro atoms. The summed E-state index contributed by atoms with van der Waals surface area (Å²) in [5.41, 5.74) is 0.697. The predicted octanol–water partition coefficient (Wildman–Crippen LogP) is 4.26. The Kier molecular flexibility index (Phi) is 4.29. The molecule has 142 valence electrons. The van der Waals surface area contributed by atoms with Gasteiger partial charge >= 0.3 is 6.18 Å². The fourth-order valence-electron chi connectivity index (χ4n) is 2.80. The van der Waals surface area contributed by atoms with Crippen molar-refractivity contribution in [3.05, 3.63) is 77.8 Å². The highest BCUT2D eigenvalue weighted by atomic mass is 19.4. The standard InChI is InChI=1S/C19H11F5N4/c20-14-3-1-2-13(16(14)21)17-26-15-9-28(10-25-18(15)27-17)8-11-4-6-12(7-5-11)19(22,23)24/h1-7,9-10H,8H2/p+1. The lowest BCUT2D eigenvalue weighted by Crippen LogP contribution is -2.34. The molecule has 0 saturated carbocycles. The Balaban J connectivity index is 1.62. The van der Waals surface area contributed by atoms with Crippen molar-refractivity contribution in [2.75, 3.05) is 0 Å². The van der Waals surface area contributed by atoms with Crippen molar-refractivity contribution in [2.24, 2.45) is 0 Å². The summed E-state index contributed by atoms with van der Waals surface area (Å²) < 4.78 is 66.9. The van der Waals surface area contributed by atoms with Crippen LogP contribution in [0.5, 0.6) is 0 Å². The molecule has 4 rings (SSSR count). The van der Waals surface area contributed by atoms with E-state index in [1.54, 1.807) is 10.8 Å². The van der Waals surface area contributed by atoms with E-state index in [4.69, 9.17) is 0 Å². The lowest BCUT2D eigenvalue weighted by molar-refractivity contribution is -0.689. The minimum atomic E-state index is -4.38. The summed E-state index contributed by atoms with van der Waals surface area (Å²) >= 11 is 0. The first-order chi connectivity index (χ1) is 13.3. The molecule has 2 aromatic heterocycles. The van der Waals surface area contributed by atoms with Crippen LogP contribution in [-0.4, -0.2) is 15.0 Å². The quantitative estimate of drug-likeness (QED) is 0.419. The van der Waals surface area contributed by atoms with Crippen molar-refractivity contribution in [1.29, 1.82) is 0 Å². The SMILES string of the molecule is Fc1cccc(-c2nc3nc[n+](Cc4ccc(C(F)(F)F)cc4)cc3[nH]2)c1F. The number of aromatic nitrogens is 4. The largest absolute Gasteiger partial charge is 0.416 e. The number of imidazole rings is 1. The van der Waals surface area contributed by atoms with Crippen molar-refractivity contribution in [1.82, 2.24) is 15.0 Å². The van der Waals surface area contributed by atoms with Gasteiger partial charge in [0.25, 0.3) is 12.0 Å². The topological polar surface area (TPSA) is 45.5 Å². The van der Waals surface area contributed by atoms with Crippen LogP contribution in [0.1, 0.15) is 11.1 Å². The van der Waals surface area contributed by atoms with E-state index in [2.05, 4.69) is 15.0 Å². The normalized spacial score (nSPS) is 11.9. The lowest BCUT2D eigenvalue weighted by Gasteiger charge is -2.06. The second-order valence-electron chi connectivity index (χ2n) is 6.16. The predicted molar refractivity (Wildman–Crippen MR) is 90.0 cm³/mol. The maximum atomic E-state index is 14.0. The van der Waals surface area contributed by atoms with Gasteiger partial charge in [-0.25, -0.2) is 13.3 Å². The van der Waals surface area contributed by atoms with Gasteiger partial charge in [0.05, 0.1) is 11.1 Å². The summed E-state index contributed by atoms with van der Waals surface area (Å²) in [5.74, 6) is -1.87. The van der Waals surface area contributed by atoms with Crippen LogP contribution < -0.4 is 4.57 Å². The van der Waals surface area contributed by atoms with Gasteiger partial charge in [0, 0.05) is 0 Å². The van der Waals surface area contributed by atoms with E-state index in [1.807, 2.05) is 0 Å². The molecular weight excluding hydrogens is 379 g/mol. The average molecular weight is 391 g/mol. The van der Waals surface area contributed by atoms with Crippen LogP contribution in [0.3, 0.4) is 0 Å². The third-order valence-electron chi connectivity index (χ3n) is 4.19. The Morgan fingerprint density at radius 2 is 1.75 bits per heavy atom. The number of nitrogens with one attached hydrogen (secondary N) is 1. The molecule has 0 radical (unpaired) electrons. The van der Waals surface area contributed by atoms with Crippen molar-refractivity contribution < 1.29 is 26.5 Å². The van der Waals surface area contributed by atoms with E-state index < -0.39 is 23.4 Å². The highest BCUT2D eigenvalue weighted by Crippen LogP contribution is 2.29. The Labute approximate surface area is 155 Å². The average Bonchev–Trinajstić information content (AvgIpc) is 3.07. The molecule has 2 aromatic carbocycles. The number of benzene rings is 2. The first kappa shape index (κ1) is 18.0. The Morgan fingerprint density at radius 3 is 2.46 bits per heavy atom. The van der Waals surface area contributed by atoms with Gasteiger partial charge in [-0.05, 0) is 34.8 Å². The Bertz CT molecular complexity index is 1150. The minimum absolute atomic E-state index is 0.0210. The second kappa shape index (κ2) is 6.66. The number of fused-ring (bicyclic) bond motifs is 1. The fourth-order valence-corrected chi connectivity index (χ4v) is 2.80. The second-order valence-corrected chi connectivity index (χ2v) is 6.16. The van der Waals surface area contributed by atoms with Crippen LogP contribution in [-0.2, 0) is 12.7 Å². The number of hydrogen-bond acceptors (Lipinski definition) is 2. The first-order valence-corrected chi connectivity index (χ1v) is 8.16. The molecule has 0 aliphatic rings. The van der Waals surface area contributed by atoms with Gasteiger partial charge < -0.3 is 4.98 Å². The van der Waals surface area contributed by atoms with Crippen LogP contribution in [0.2, 0.25) is 0 Å². The highest BCUT2D eigenvalue weighted by molar-refractivity contribution is 5.74. The van der Waals surface area contributed by atoms with Crippen molar-refractivity contribution >= 4 is 11.2 Å². The summed E-state index contributed by atoms with van der Waals surface area (Å²) in [5, 5.41) is 0. The molecule has 0 aliphatic heterocycles. The number of halogens is 5. The van der Waals surface area contributed by atoms with Crippen LogP contribution in [0, 0.1) is 11.6 Å². The number of aromatic amines is 1. The van der Waals surface area contributed by atoms with Gasteiger partial charge in [-0.15, -0.1) is 0 Å². The molecule has 0 fully saturated rings. The summed E-state index contributed by atoms with van der Waals surface area (Å²) in [6, 6.07) is 8.59. The van der Waals surface area contributed by atoms with Gasteiger partial charge in [-0.2, -0.15) is 18.2 Å². The van der Waals surface area contributed by atoms with Gasteiger partial charge in [0.2, 0.25) is 0 Å². The van der Waals surface area contributed by atoms with E-state index in [0.717, 1.165) is 18.2 Å². The van der Waals surface area contributed by atoms with Crippen LogP contribution in [0.25, 0.3) is 22.6 Å². The van der Waals surface area contributed by atoms with Gasteiger partial charge in [0.1, 0.15) is 18.6 Å². The Hall–Kier alpha value is -3.36. The van der Waals surface area contributed by atoms with E-state index >= 15 is 0 Å². The van der Waals surface area contributed by atoms with E-state index in [-0.39, 0.29) is 17.9 Å². The summed E-state index contributed by atoms with van der Waals surface area (Å²) in [6.07, 6.45) is -1.27. The monoisotopic (exact) mass is 391 g/mol. The van der Waals surface area contributed by atoms with Crippen molar-refractivity contribution in [3.63, 3.8) is 0 Å². The molecule has 0 bridgehead atoms. The highest BCUT2D eigenvalue weighted by Gasteiger charge is 2.30. The third-order valence-corrected chi connectivity index (χ3v) is 4.19. The molecular formula is C19H12F5N4+. The third kappa shape index (κ3) is 3.42. The van der Waals surface area contributed by atoms with Crippen LogP contribution in [0.4, 0.5) is 22.0 Å². The fraction of sp³-hybridized carbons (Fsp3) is 0.105. The molecule has 0 aliphatic carbocycles. The molecule has 0 amide bonds. The molecule has 1 N–H and O–H groups in total. The van der Waals surface area contributed by atoms with Crippen molar-refractivity contribution in [3.8, 4) is 11.4 Å². The zero-order chi connectivity index (χ0) is 19.9.